The normalized spacial score (nSPS) is 13.5. The summed E-state index contributed by atoms with van der Waals surface area (Å²) >= 11 is 0. The van der Waals surface area contributed by atoms with Crippen LogP contribution in [0.1, 0.15) is 271 Å². The number of carbonyl (C=O) groups is 1. The standard InChI is InChI=1S/C49H97NO4/c1-3-5-7-9-11-13-15-17-19-21-23-24-25-26-28-30-32-34-36-38-40-42-44-48(53)50-46(45-51)49(54)47(52)43-41-39-37-35-33-31-29-27-22-20-18-16-14-12-10-8-6-4-2/h35,37,46-47,49,51-52,54H,3-34,36,38-45H2,1-2H3,(H,50,53)/b37-35+. The summed E-state index contributed by atoms with van der Waals surface area (Å²) in [6, 6.07) is -0.821. The van der Waals surface area contributed by atoms with E-state index < -0.39 is 18.2 Å². The second kappa shape index (κ2) is 44.8. The minimum Gasteiger partial charge on any atom is -0.394 e. The fourth-order valence-corrected chi connectivity index (χ4v) is 7.81. The molecular weight excluding hydrogens is 667 g/mol. The Morgan fingerprint density at radius 2 is 0.741 bits per heavy atom. The molecule has 0 heterocycles. The molecule has 0 saturated carbocycles. The lowest BCUT2D eigenvalue weighted by Gasteiger charge is -2.26. The molecule has 0 aliphatic carbocycles. The molecule has 322 valence electrons. The fraction of sp³-hybridized carbons (Fsp3) is 0.939. The summed E-state index contributed by atoms with van der Waals surface area (Å²) in [5.41, 5.74) is 0. The topological polar surface area (TPSA) is 89.8 Å². The Morgan fingerprint density at radius 1 is 0.444 bits per heavy atom. The minimum absolute atomic E-state index is 0.149. The first-order valence-corrected chi connectivity index (χ1v) is 24.5. The van der Waals surface area contributed by atoms with Gasteiger partial charge in [0.05, 0.1) is 18.8 Å². The molecule has 0 aliphatic heterocycles. The summed E-state index contributed by atoms with van der Waals surface area (Å²) in [7, 11) is 0. The lowest BCUT2D eigenvalue weighted by molar-refractivity contribution is -0.124. The monoisotopic (exact) mass is 764 g/mol. The van der Waals surface area contributed by atoms with E-state index in [2.05, 4.69) is 31.3 Å². The first-order chi connectivity index (χ1) is 26.6. The molecule has 0 aromatic carbocycles. The van der Waals surface area contributed by atoms with Gasteiger partial charge in [-0.2, -0.15) is 0 Å². The molecule has 5 heteroatoms. The number of hydrogen-bond donors (Lipinski definition) is 4. The number of unbranched alkanes of at least 4 members (excludes halogenated alkanes) is 35. The van der Waals surface area contributed by atoms with Crippen LogP contribution in [0, 0.1) is 0 Å². The molecule has 5 nitrogen and oxygen atoms in total. The second-order valence-corrected chi connectivity index (χ2v) is 17.0. The molecule has 0 rings (SSSR count). The van der Waals surface area contributed by atoms with E-state index in [9.17, 15) is 20.1 Å². The van der Waals surface area contributed by atoms with E-state index in [1.54, 1.807) is 0 Å². The highest BCUT2D eigenvalue weighted by molar-refractivity contribution is 5.76. The Labute approximate surface area is 338 Å². The molecule has 4 N–H and O–H groups in total. The van der Waals surface area contributed by atoms with E-state index in [0.29, 0.717) is 12.8 Å². The van der Waals surface area contributed by atoms with Crippen molar-refractivity contribution >= 4 is 5.91 Å². The van der Waals surface area contributed by atoms with Crippen molar-refractivity contribution in [3.8, 4) is 0 Å². The van der Waals surface area contributed by atoms with Gasteiger partial charge in [0.25, 0.3) is 0 Å². The second-order valence-electron chi connectivity index (χ2n) is 17.0. The molecule has 0 fully saturated rings. The molecule has 3 atom stereocenters. The van der Waals surface area contributed by atoms with E-state index in [-0.39, 0.29) is 12.5 Å². The van der Waals surface area contributed by atoms with E-state index >= 15 is 0 Å². The maximum Gasteiger partial charge on any atom is 0.220 e. The van der Waals surface area contributed by atoms with Crippen molar-refractivity contribution in [2.24, 2.45) is 0 Å². The molecule has 0 saturated heterocycles. The lowest BCUT2D eigenvalue weighted by atomic mass is 10.0. The first kappa shape index (κ1) is 53.1. The van der Waals surface area contributed by atoms with Gasteiger partial charge in [0, 0.05) is 6.42 Å². The highest BCUT2D eigenvalue weighted by atomic mass is 16.3. The summed E-state index contributed by atoms with van der Waals surface area (Å²) in [5.74, 6) is -0.149. The molecule has 1 amide bonds. The van der Waals surface area contributed by atoms with E-state index in [1.807, 2.05) is 0 Å². The predicted molar refractivity (Wildman–Crippen MR) is 236 cm³/mol. The van der Waals surface area contributed by atoms with Crippen LogP contribution in [0.15, 0.2) is 12.2 Å². The molecule has 3 unspecified atom stereocenters. The van der Waals surface area contributed by atoms with Crippen molar-refractivity contribution in [3.05, 3.63) is 12.2 Å². The van der Waals surface area contributed by atoms with E-state index in [1.165, 1.54) is 205 Å². The van der Waals surface area contributed by atoms with Gasteiger partial charge < -0.3 is 20.6 Å². The molecule has 54 heavy (non-hydrogen) atoms. The van der Waals surface area contributed by atoms with Gasteiger partial charge in [-0.1, -0.05) is 238 Å². The van der Waals surface area contributed by atoms with Crippen LogP contribution in [0.4, 0.5) is 0 Å². The highest BCUT2D eigenvalue weighted by Crippen LogP contribution is 2.17. The Hall–Kier alpha value is -0.910. The van der Waals surface area contributed by atoms with Crippen molar-refractivity contribution in [3.63, 3.8) is 0 Å². The average molecular weight is 764 g/mol. The Bertz CT molecular complexity index is 758. The number of allylic oxidation sites excluding steroid dienone is 2. The number of aliphatic hydroxyl groups excluding tert-OH is 3. The summed E-state index contributed by atoms with van der Waals surface area (Å²) in [5, 5.41) is 33.6. The van der Waals surface area contributed by atoms with Crippen molar-refractivity contribution in [2.75, 3.05) is 6.61 Å². The van der Waals surface area contributed by atoms with Crippen LogP contribution in [0.5, 0.6) is 0 Å². The van der Waals surface area contributed by atoms with Gasteiger partial charge in [-0.05, 0) is 38.5 Å². The molecule has 0 aromatic rings. The number of rotatable bonds is 45. The van der Waals surface area contributed by atoms with Crippen LogP contribution in [0.25, 0.3) is 0 Å². The van der Waals surface area contributed by atoms with Crippen LogP contribution >= 0.6 is 0 Å². The van der Waals surface area contributed by atoms with Gasteiger partial charge in [0.1, 0.15) is 6.10 Å². The number of aliphatic hydroxyl groups is 3. The van der Waals surface area contributed by atoms with Crippen LogP contribution in [0.3, 0.4) is 0 Å². The predicted octanol–water partition coefficient (Wildman–Crippen LogP) is 14.4. The van der Waals surface area contributed by atoms with Gasteiger partial charge in [-0.25, -0.2) is 0 Å². The molecule has 0 aromatic heterocycles. The van der Waals surface area contributed by atoms with Gasteiger partial charge in [-0.3, -0.25) is 4.79 Å². The van der Waals surface area contributed by atoms with Crippen molar-refractivity contribution in [2.45, 2.75) is 289 Å². The summed E-state index contributed by atoms with van der Waals surface area (Å²) in [6.07, 6.45) is 53.4. The van der Waals surface area contributed by atoms with Crippen molar-refractivity contribution in [1.82, 2.24) is 5.32 Å². The Morgan fingerprint density at radius 3 is 1.07 bits per heavy atom. The zero-order valence-corrected chi connectivity index (χ0v) is 36.6. The largest absolute Gasteiger partial charge is 0.394 e. The van der Waals surface area contributed by atoms with Crippen LogP contribution in [-0.4, -0.2) is 46.1 Å². The zero-order valence-electron chi connectivity index (χ0n) is 36.6. The molecule has 0 spiro atoms. The number of hydrogen-bond acceptors (Lipinski definition) is 4. The van der Waals surface area contributed by atoms with Gasteiger partial charge in [0.2, 0.25) is 5.91 Å². The Balaban J connectivity index is 3.58. The maximum atomic E-state index is 12.5. The number of amides is 1. The molecule has 0 aliphatic rings. The minimum atomic E-state index is -1.15. The Kier molecular flexibility index (Phi) is 44.0. The van der Waals surface area contributed by atoms with E-state index in [4.69, 9.17) is 0 Å². The van der Waals surface area contributed by atoms with Crippen molar-refractivity contribution < 1.29 is 20.1 Å². The third-order valence-electron chi connectivity index (χ3n) is 11.6. The third-order valence-corrected chi connectivity index (χ3v) is 11.6. The van der Waals surface area contributed by atoms with Crippen LogP contribution < -0.4 is 5.32 Å². The SMILES string of the molecule is CCCCCCCCCCCCCCC/C=C/CCCC(O)C(O)C(CO)NC(=O)CCCCCCCCCCCCCCCCCCCCCCCC. The van der Waals surface area contributed by atoms with Gasteiger partial charge in [0.15, 0.2) is 0 Å². The zero-order chi connectivity index (χ0) is 39.4. The molecule has 0 radical (unpaired) electrons. The first-order valence-electron chi connectivity index (χ1n) is 24.5. The highest BCUT2D eigenvalue weighted by Gasteiger charge is 2.26. The molecular formula is C49H97NO4. The lowest BCUT2D eigenvalue weighted by Crippen LogP contribution is -2.50. The average Bonchev–Trinajstić information content (AvgIpc) is 3.18. The number of carbonyl (C=O) groups excluding carboxylic acids is 1. The maximum absolute atomic E-state index is 12.5. The molecule has 0 bridgehead atoms. The van der Waals surface area contributed by atoms with Crippen LogP contribution in [-0.2, 0) is 4.79 Å². The fourth-order valence-electron chi connectivity index (χ4n) is 7.81. The number of nitrogens with one attached hydrogen (secondary N) is 1. The quantitative estimate of drug-likeness (QED) is 0.0367. The van der Waals surface area contributed by atoms with Gasteiger partial charge >= 0.3 is 0 Å². The summed E-state index contributed by atoms with van der Waals surface area (Å²) in [6.45, 7) is 4.20. The summed E-state index contributed by atoms with van der Waals surface area (Å²) in [4.78, 5) is 12.5. The van der Waals surface area contributed by atoms with E-state index in [0.717, 1.165) is 38.5 Å². The van der Waals surface area contributed by atoms with Crippen molar-refractivity contribution in [1.29, 1.82) is 0 Å². The van der Waals surface area contributed by atoms with Crippen LogP contribution in [0.2, 0.25) is 0 Å². The van der Waals surface area contributed by atoms with Gasteiger partial charge in [-0.15, -0.1) is 0 Å². The smallest absolute Gasteiger partial charge is 0.220 e. The third kappa shape index (κ3) is 39.3. The summed E-state index contributed by atoms with van der Waals surface area (Å²) < 4.78 is 0.